The Morgan fingerprint density at radius 3 is 2.78 bits per heavy atom. The number of hydrogen-bond donors (Lipinski definition) is 1. The molecule has 2 amide bonds. The van der Waals surface area contributed by atoms with Gasteiger partial charge in [0.15, 0.2) is 5.82 Å². The van der Waals surface area contributed by atoms with E-state index in [1.165, 1.54) is 0 Å². The normalized spacial score (nSPS) is 19.8. The highest BCUT2D eigenvalue weighted by Gasteiger charge is 2.49. The Morgan fingerprint density at radius 1 is 1.15 bits per heavy atom. The topological polar surface area (TPSA) is 96.3 Å². The monoisotopic (exact) mass is 554 g/mol. The summed E-state index contributed by atoms with van der Waals surface area (Å²) >= 11 is 0. The van der Waals surface area contributed by atoms with Gasteiger partial charge in [-0.15, -0.1) is 5.10 Å². The number of carbonyl (C=O) groups is 2. The van der Waals surface area contributed by atoms with E-state index in [0.29, 0.717) is 60.4 Å². The summed E-state index contributed by atoms with van der Waals surface area (Å²) in [6.07, 6.45) is 8.30. The molecule has 210 valence electrons. The molecule has 3 aliphatic rings. The maximum absolute atomic E-state index is 16.4. The number of halogens is 1. The van der Waals surface area contributed by atoms with Crippen molar-refractivity contribution in [3.8, 4) is 16.9 Å². The number of fused-ring (bicyclic) bond motifs is 2. The van der Waals surface area contributed by atoms with Crippen LogP contribution >= 0.6 is 0 Å². The quantitative estimate of drug-likeness (QED) is 0.363. The standard InChI is InChI=1S/C31H31FN6O3/c1-41-27-7-3-2-6-21(27)23-16-22(20-5-4-11-36(18-20)28(39)9-12-37-14-10-33-35-37)29(32)30-24(23)17-25(34-30)31(40)38-13-8-19-15-26(19)38/h2-3,5-7,10,14,16-17,19,26,34H,4,8-9,11-13,15,18H2,1H3. The number of para-hydroxylation sites is 1. The van der Waals surface area contributed by atoms with Gasteiger partial charge in [0, 0.05) is 54.8 Å². The molecular formula is C31H31FN6O3. The molecule has 7 rings (SSSR count). The van der Waals surface area contributed by atoms with Gasteiger partial charge in [0.05, 0.1) is 25.4 Å². The predicted molar refractivity (Wildman–Crippen MR) is 152 cm³/mol. The minimum Gasteiger partial charge on any atom is -0.496 e. The van der Waals surface area contributed by atoms with Gasteiger partial charge < -0.3 is 19.5 Å². The lowest BCUT2D eigenvalue weighted by molar-refractivity contribution is -0.131. The molecule has 1 N–H and O–H groups in total. The van der Waals surface area contributed by atoms with Crippen molar-refractivity contribution in [2.24, 2.45) is 5.92 Å². The molecule has 2 aromatic carbocycles. The lowest BCUT2D eigenvalue weighted by Crippen LogP contribution is -2.36. The summed E-state index contributed by atoms with van der Waals surface area (Å²) in [5, 5.41) is 8.34. The van der Waals surface area contributed by atoms with E-state index >= 15 is 4.39 Å². The summed E-state index contributed by atoms with van der Waals surface area (Å²) in [6, 6.07) is 11.5. The number of likely N-dealkylation sites (tertiary alicyclic amines) is 1. The Bertz CT molecular complexity index is 1680. The summed E-state index contributed by atoms with van der Waals surface area (Å²) in [7, 11) is 1.61. The summed E-state index contributed by atoms with van der Waals surface area (Å²) in [5.41, 5.74) is 3.40. The Kier molecular flexibility index (Phi) is 6.33. The van der Waals surface area contributed by atoms with Gasteiger partial charge in [-0.25, -0.2) is 4.39 Å². The number of carbonyl (C=O) groups excluding carboxylic acids is 2. The van der Waals surface area contributed by atoms with E-state index in [4.69, 9.17) is 4.74 Å². The molecule has 0 spiro atoms. The third-order valence-electron chi connectivity index (χ3n) is 8.64. The van der Waals surface area contributed by atoms with Gasteiger partial charge in [-0.1, -0.05) is 29.5 Å². The second kappa shape index (κ2) is 10.2. The Labute approximate surface area is 236 Å². The molecule has 2 aliphatic heterocycles. The van der Waals surface area contributed by atoms with Crippen LogP contribution in [-0.2, 0) is 11.3 Å². The van der Waals surface area contributed by atoms with Gasteiger partial charge in [-0.05, 0) is 54.5 Å². The number of aryl methyl sites for hydroxylation is 1. The molecule has 9 nitrogen and oxygen atoms in total. The number of nitrogens with zero attached hydrogens (tertiary/aromatic N) is 5. The molecule has 0 bridgehead atoms. The first kappa shape index (κ1) is 25.5. The summed E-state index contributed by atoms with van der Waals surface area (Å²) in [5.74, 6) is 0.735. The fourth-order valence-corrected chi connectivity index (χ4v) is 6.37. The molecule has 4 aromatic rings. The highest BCUT2D eigenvalue weighted by molar-refractivity contribution is 6.05. The van der Waals surface area contributed by atoms with Crippen LogP contribution < -0.4 is 4.74 Å². The van der Waals surface area contributed by atoms with Gasteiger partial charge in [0.2, 0.25) is 5.91 Å². The van der Waals surface area contributed by atoms with Crippen molar-refractivity contribution in [1.29, 1.82) is 0 Å². The van der Waals surface area contributed by atoms with E-state index in [2.05, 4.69) is 15.3 Å². The number of aromatic nitrogens is 4. The predicted octanol–water partition coefficient (Wildman–Crippen LogP) is 4.51. The molecule has 1 aliphatic carbocycles. The molecule has 1 saturated carbocycles. The van der Waals surface area contributed by atoms with Gasteiger partial charge in [-0.3, -0.25) is 14.3 Å². The molecule has 2 unspecified atom stereocenters. The minimum atomic E-state index is -0.424. The summed E-state index contributed by atoms with van der Waals surface area (Å²) in [4.78, 5) is 33.4. The second-order valence-electron chi connectivity index (χ2n) is 11.1. The number of hydrogen-bond acceptors (Lipinski definition) is 5. The molecule has 10 heteroatoms. The highest BCUT2D eigenvalue weighted by atomic mass is 19.1. The molecular weight excluding hydrogens is 523 g/mol. The first-order chi connectivity index (χ1) is 20.0. The number of ether oxygens (including phenoxy) is 1. The Morgan fingerprint density at radius 2 is 2.02 bits per heavy atom. The van der Waals surface area contributed by atoms with Crippen LogP contribution in [0.4, 0.5) is 4.39 Å². The summed E-state index contributed by atoms with van der Waals surface area (Å²) < 4.78 is 23.7. The van der Waals surface area contributed by atoms with Gasteiger partial charge in [-0.2, -0.15) is 0 Å². The van der Waals surface area contributed by atoms with Crippen LogP contribution in [0.5, 0.6) is 5.75 Å². The Balaban J connectivity index is 1.26. The van der Waals surface area contributed by atoms with E-state index in [-0.39, 0.29) is 23.8 Å². The van der Waals surface area contributed by atoms with E-state index < -0.39 is 5.82 Å². The van der Waals surface area contributed by atoms with Crippen LogP contribution in [0.2, 0.25) is 0 Å². The third kappa shape index (κ3) is 4.57. The Hall–Kier alpha value is -4.47. The van der Waals surface area contributed by atoms with Crippen LogP contribution in [0.25, 0.3) is 27.6 Å². The number of piperidine rings is 1. The van der Waals surface area contributed by atoms with E-state index in [1.54, 1.807) is 35.2 Å². The van der Waals surface area contributed by atoms with Crippen LogP contribution in [0.1, 0.15) is 41.7 Å². The molecule has 2 atom stereocenters. The lowest BCUT2D eigenvalue weighted by Gasteiger charge is -2.28. The smallest absolute Gasteiger partial charge is 0.270 e. The van der Waals surface area contributed by atoms with Crippen LogP contribution in [0.15, 0.2) is 54.9 Å². The van der Waals surface area contributed by atoms with Crippen molar-refractivity contribution in [2.75, 3.05) is 26.7 Å². The third-order valence-corrected chi connectivity index (χ3v) is 8.64. The first-order valence-corrected chi connectivity index (χ1v) is 14.1. The number of rotatable bonds is 7. The van der Waals surface area contributed by atoms with Crippen molar-refractivity contribution >= 4 is 28.3 Å². The van der Waals surface area contributed by atoms with Crippen LogP contribution in [0.3, 0.4) is 0 Å². The van der Waals surface area contributed by atoms with Gasteiger partial charge >= 0.3 is 0 Å². The SMILES string of the molecule is COc1ccccc1-c1cc(C2=CCCN(C(=O)CCn3ccnn3)C2)c(F)c2[nH]c(C(=O)N3CCC4CC43)cc12. The largest absolute Gasteiger partial charge is 0.496 e. The lowest BCUT2D eigenvalue weighted by atomic mass is 9.93. The van der Waals surface area contributed by atoms with E-state index in [0.717, 1.165) is 36.1 Å². The number of nitrogens with one attached hydrogen (secondary N) is 1. The number of aromatic amines is 1. The average molecular weight is 555 g/mol. The molecule has 0 radical (unpaired) electrons. The molecule has 2 fully saturated rings. The van der Waals surface area contributed by atoms with Crippen LogP contribution in [0, 0.1) is 11.7 Å². The maximum atomic E-state index is 16.4. The maximum Gasteiger partial charge on any atom is 0.270 e. The van der Waals surface area contributed by atoms with Crippen molar-refractivity contribution in [1.82, 2.24) is 29.8 Å². The van der Waals surface area contributed by atoms with Crippen molar-refractivity contribution in [3.05, 3.63) is 71.9 Å². The fraction of sp³-hybridized carbons (Fsp3) is 0.355. The van der Waals surface area contributed by atoms with Crippen molar-refractivity contribution in [2.45, 2.75) is 38.3 Å². The van der Waals surface area contributed by atoms with Gasteiger partial charge in [0.1, 0.15) is 11.4 Å². The fourth-order valence-electron chi connectivity index (χ4n) is 6.37. The zero-order chi connectivity index (χ0) is 28.1. The average Bonchev–Trinajstić information content (AvgIpc) is 3.38. The van der Waals surface area contributed by atoms with E-state index in [1.807, 2.05) is 41.3 Å². The van der Waals surface area contributed by atoms with Crippen molar-refractivity contribution < 1.29 is 18.7 Å². The van der Waals surface area contributed by atoms with Crippen molar-refractivity contribution in [3.63, 3.8) is 0 Å². The number of H-pyrrole nitrogens is 1. The number of benzene rings is 2. The molecule has 1 saturated heterocycles. The zero-order valence-corrected chi connectivity index (χ0v) is 22.8. The second-order valence-corrected chi connectivity index (χ2v) is 11.1. The van der Waals surface area contributed by atoms with Gasteiger partial charge in [0.25, 0.3) is 5.91 Å². The molecule has 4 heterocycles. The van der Waals surface area contributed by atoms with Crippen LogP contribution in [-0.4, -0.2) is 74.4 Å². The zero-order valence-electron chi connectivity index (χ0n) is 22.8. The highest BCUT2D eigenvalue weighted by Crippen LogP contribution is 2.45. The number of amides is 2. The first-order valence-electron chi connectivity index (χ1n) is 14.1. The molecule has 41 heavy (non-hydrogen) atoms. The molecule has 2 aromatic heterocycles. The minimum absolute atomic E-state index is 0.0192. The van der Waals surface area contributed by atoms with E-state index in [9.17, 15) is 9.59 Å². The number of methoxy groups -OCH3 is 1. The summed E-state index contributed by atoms with van der Waals surface area (Å²) in [6.45, 7) is 2.05.